The number of ether oxygens (including phenoxy) is 6. The second kappa shape index (κ2) is 16.0. The van der Waals surface area contributed by atoms with Crippen LogP contribution in [0.5, 0.6) is 0 Å². The molecule has 2 amide bonds. The highest BCUT2D eigenvalue weighted by Crippen LogP contribution is 2.48. The number of nitrogens with one attached hydrogen (secondary N) is 1. The molecule has 5 aliphatic rings. The van der Waals surface area contributed by atoms with E-state index in [0.717, 1.165) is 6.42 Å². The third-order valence-electron chi connectivity index (χ3n) is 11.8. The summed E-state index contributed by atoms with van der Waals surface area (Å²) in [6, 6.07) is 6.97. The molecule has 2 N–H and O–H groups in total. The molecule has 13 nitrogen and oxygen atoms in total. The summed E-state index contributed by atoms with van der Waals surface area (Å²) < 4.78 is 38.1. The average molecular weight is 732 g/mol. The summed E-state index contributed by atoms with van der Waals surface area (Å²) in [7, 11) is 7.42. The number of esters is 1. The fourth-order valence-electron chi connectivity index (χ4n) is 9.22. The minimum absolute atomic E-state index is 0.0586. The van der Waals surface area contributed by atoms with Crippen molar-refractivity contribution < 1.29 is 47.9 Å². The number of hydrogen-bond acceptors (Lipinski definition) is 11. The van der Waals surface area contributed by atoms with E-state index in [-0.39, 0.29) is 42.2 Å². The lowest BCUT2D eigenvalue weighted by Crippen LogP contribution is -2.65. The SMILES string of the molecule is CO[C@]1(C)C[C@H](O[C@H]2[C@H](C)[C@H]3OC4O[C@H](C)C[C@H](N(C)C)[C@H]4C[C@@]3(O)C[C@@H](C)CN(C)C(=O)c3ccc(cc3)NC(=O)[C@@H]2C)O[C@@H](C)[C@@H]1OC(C)=O. The van der Waals surface area contributed by atoms with Crippen molar-refractivity contribution in [3.63, 3.8) is 0 Å². The maximum absolute atomic E-state index is 14.1. The fourth-order valence-corrected chi connectivity index (χ4v) is 9.22. The first-order valence-electron chi connectivity index (χ1n) is 18.7. The maximum Gasteiger partial charge on any atom is 0.303 e. The summed E-state index contributed by atoms with van der Waals surface area (Å²) in [6.45, 7) is 13.2. The van der Waals surface area contributed by atoms with Gasteiger partial charge in [-0.05, 0) is 84.3 Å². The number of carbonyl (C=O) groups is 3. The number of methoxy groups -OCH3 is 1. The number of aliphatic hydroxyl groups is 1. The molecule has 14 atom stereocenters. The molecule has 0 saturated carbocycles. The average Bonchev–Trinajstić information content (AvgIpc) is 3.07. The number of nitrogens with zero attached hydrogens (tertiary/aromatic N) is 2. The molecule has 5 heterocycles. The Morgan fingerprint density at radius 1 is 1.02 bits per heavy atom. The Kier molecular flexibility index (Phi) is 12.5. The maximum atomic E-state index is 14.1. The first-order valence-corrected chi connectivity index (χ1v) is 18.7. The van der Waals surface area contributed by atoms with Crippen molar-refractivity contribution in [3.05, 3.63) is 29.8 Å². The summed E-state index contributed by atoms with van der Waals surface area (Å²) in [5.41, 5.74) is -1.26. The standard InChI is InChI=1S/C39H61N3O10/c1-21-17-39(46)18-29-30(41(8)9)16-22(2)48-37(29)52-33(39)23(3)32(51-31-19-38(7,47-11)34(25(5)49-31)50-26(6)43)24(4)35(44)40-28-14-12-27(13-15-28)36(45)42(10)20-21/h12-15,21-25,29-34,37,46H,16-20H2,1-11H3,(H,40,44)/t21-,22-,23+,24-,25+,29-,30+,31+,32+,33-,34+,37?,38-,39+/m1/s1. The lowest BCUT2D eigenvalue weighted by molar-refractivity contribution is -0.338. The second-order valence-electron chi connectivity index (χ2n) is 16.4. The van der Waals surface area contributed by atoms with E-state index in [1.165, 1.54) is 6.92 Å². The number of rotatable bonds is 5. The lowest BCUT2D eigenvalue weighted by Gasteiger charge is -2.56. The third-order valence-corrected chi connectivity index (χ3v) is 11.8. The van der Waals surface area contributed by atoms with Crippen molar-refractivity contribution in [1.29, 1.82) is 0 Å². The van der Waals surface area contributed by atoms with Gasteiger partial charge in [0.15, 0.2) is 18.7 Å². The Hall–Kier alpha value is -2.65. The van der Waals surface area contributed by atoms with Crippen LogP contribution in [-0.2, 0) is 38.0 Å². The summed E-state index contributed by atoms with van der Waals surface area (Å²) in [5.74, 6) is -2.41. The summed E-state index contributed by atoms with van der Waals surface area (Å²) in [5, 5.41) is 16.0. The van der Waals surface area contributed by atoms with Crippen LogP contribution in [0.1, 0.15) is 84.5 Å². The molecule has 3 fully saturated rings. The summed E-state index contributed by atoms with van der Waals surface area (Å²) >= 11 is 0. The smallest absolute Gasteiger partial charge is 0.303 e. The Bertz CT molecular complexity index is 1430. The normalized spacial score (nSPS) is 42.0. The van der Waals surface area contributed by atoms with Gasteiger partial charge in [-0.2, -0.15) is 0 Å². The predicted molar refractivity (Wildman–Crippen MR) is 193 cm³/mol. The Labute approximate surface area is 308 Å². The molecule has 1 unspecified atom stereocenters. The second-order valence-corrected chi connectivity index (χ2v) is 16.4. The predicted octanol–water partition coefficient (Wildman–Crippen LogP) is 4.07. The summed E-state index contributed by atoms with van der Waals surface area (Å²) in [6.07, 6.45) is -2.60. The molecule has 0 radical (unpaired) electrons. The highest BCUT2D eigenvalue weighted by atomic mass is 16.7. The van der Waals surface area contributed by atoms with Gasteiger partial charge in [0.05, 0.1) is 35.9 Å². The molecule has 52 heavy (non-hydrogen) atoms. The molecule has 6 rings (SSSR count). The van der Waals surface area contributed by atoms with Gasteiger partial charge in [0.2, 0.25) is 5.91 Å². The van der Waals surface area contributed by atoms with Crippen molar-refractivity contribution in [1.82, 2.24) is 9.80 Å². The molecule has 1 aromatic rings. The number of hydrogen-bond donors (Lipinski definition) is 2. The van der Waals surface area contributed by atoms with Crippen molar-refractivity contribution in [2.75, 3.05) is 40.1 Å². The van der Waals surface area contributed by atoms with Gasteiger partial charge in [-0.3, -0.25) is 14.4 Å². The first-order chi connectivity index (χ1) is 24.3. The zero-order chi connectivity index (χ0) is 38.3. The molecule has 1 aromatic carbocycles. The first kappa shape index (κ1) is 40.5. The molecule has 2 bridgehead atoms. The van der Waals surface area contributed by atoms with Crippen LogP contribution in [0.4, 0.5) is 5.69 Å². The van der Waals surface area contributed by atoms with E-state index in [4.69, 9.17) is 28.4 Å². The van der Waals surface area contributed by atoms with Crippen molar-refractivity contribution in [2.45, 2.75) is 134 Å². The summed E-state index contributed by atoms with van der Waals surface area (Å²) in [4.78, 5) is 43.4. The van der Waals surface area contributed by atoms with Gasteiger partial charge in [-0.1, -0.05) is 20.8 Å². The number of fused-ring (bicyclic) bond motifs is 11. The van der Waals surface area contributed by atoms with Crippen LogP contribution in [0.15, 0.2) is 24.3 Å². The van der Waals surface area contributed by atoms with E-state index in [2.05, 4.69) is 10.2 Å². The van der Waals surface area contributed by atoms with Crippen molar-refractivity contribution in [2.24, 2.45) is 23.7 Å². The van der Waals surface area contributed by atoms with Crippen LogP contribution in [0, 0.1) is 23.7 Å². The van der Waals surface area contributed by atoms with Crippen LogP contribution < -0.4 is 5.32 Å². The molecule has 3 saturated heterocycles. The minimum Gasteiger partial charge on any atom is -0.457 e. The van der Waals surface area contributed by atoms with Crippen LogP contribution in [-0.4, -0.2) is 128 Å². The van der Waals surface area contributed by atoms with Gasteiger partial charge in [-0.25, -0.2) is 0 Å². The molecular weight excluding hydrogens is 670 g/mol. The fraction of sp³-hybridized carbons (Fsp3) is 0.769. The Balaban J connectivity index is 1.56. The van der Waals surface area contributed by atoms with Crippen molar-refractivity contribution >= 4 is 23.5 Å². The van der Waals surface area contributed by atoms with E-state index >= 15 is 0 Å². The van der Waals surface area contributed by atoms with E-state index in [0.29, 0.717) is 30.6 Å². The zero-order valence-electron chi connectivity index (χ0n) is 32.8. The molecule has 5 aliphatic heterocycles. The van der Waals surface area contributed by atoms with Crippen LogP contribution in [0.3, 0.4) is 0 Å². The van der Waals surface area contributed by atoms with Crippen LogP contribution in [0.2, 0.25) is 0 Å². The Morgan fingerprint density at radius 3 is 2.31 bits per heavy atom. The quantitative estimate of drug-likeness (QED) is 0.423. The largest absolute Gasteiger partial charge is 0.457 e. The van der Waals surface area contributed by atoms with Gasteiger partial charge in [0.25, 0.3) is 5.91 Å². The van der Waals surface area contributed by atoms with Crippen LogP contribution in [0.25, 0.3) is 0 Å². The Morgan fingerprint density at radius 2 is 1.69 bits per heavy atom. The highest BCUT2D eigenvalue weighted by Gasteiger charge is 2.57. The lowest BCUT2D eigenvalue weighted by atomic mass is 9.69. The zero-order valence-corrected chi connectivity index (χ0v) is 32.8. The van der Waals surface area contributed by atoms with E-state index in [1.807, 2.05) is 41.8 Å². The van der Waals surface area contributed by atoms with Gasteiger partial charge < -0.3 is 48.6 Å². The number of carbonyl (C=O) groups excluding carboxylic acids is 3. The van der Waals surface area contributed by atoms with E-state index < -0.39 is 66.0 Å². The van der Waals surface area contributed by atoms with Gasteiger partial charge in [0, 0.05) is 63.2 Å². The molecule has 0 aliphatic carbocycles. The third kappa shape index (κ3) is 8.51. The molecule has 292 valence electrons. The van der Waals surface area contributed by atoms with E-state index in [9.17, 15) is 19.5 Å². The van der Waals surface area contributed by atoms with Crippen LogP contribution >= 0.6 is 0 Å². The van der Waals surface area contributed by atoms with Gasteiger partial charge >= 0.3 is 5.97 Å². The molecule has 13 heteroatoms. The minimum atomic E-state index is -1.36. The number of amides is 2. The molecule has 0 spiro atoms. The highest BCUT2D eigenvalue weighted by molar-refractivity contribution is 5.96. The van der Waals surface area contributed by atoms with Gasteiger partial charge in [0.1, 0.15) is 5.60 Å². The van der Waals surface area contributed by atoms with Crippen molar-refractivity contribution in [3.8, 4) is 0 Å². The topological polar surface area (TPSA) is 145 Å². The number of anilines is 1. The monoisotopic (exact) mass is 731 g/mol. The molecule has 0 aromatic heterocycles. The van der Waals surface area contributed by atoms with E-state index in [1.54, 1.807) is 57.2 Å². The van der Waals surface area contributed by atoms with Gasteiger partial charge in [-0.15, -0.1) is 0 Å². The molecular formula is C39H61N3O10. The number of benzene rings is 1.